The Morgan fingerprint density at radius 3 is 2.58 bits per heavy atom. The van der Waals surface area contributed by atoms with Crippen molar-refractivity contribution in [3.8, 4) is 5.75 Å². The fourth-order valence-electron chi connectivity index (χ4n) is 4.13. The second-order valence-electron chi connectivity index (χ2n) is 8.19. The van der Waals surface area contributed by atoms with Crippen molar-refractivity contribution in [3.63, 3.8) is 0 Å². The number of likely N-dealkylation sites (tertiary alicyclic amines) is 1. The molecule has 1 aromatic carbocycles. The van der Waals surface area contributed by atoms with Crippen LogP contribution in [0.4, 0.5) is 0 Å². The van der Waals surface area contributed by atoms with Crippen molar-refractivity contribution in [1.29, 1.82) is 0 Å². The predicted octanol–water partition coefficient (Wildman–Crippen LogP) is 3.68. The molecular formula is C25H30N2O5S. The molecule has 0 bridgehead atoms. The van der Waals surface area contributed by atoms with Gasteiger partial charge < -0.3 is 19.5 Å². The fraction of sp³-hybridized carbons (Fsp3) is 0.440. The van der Waals surface area contributed by atoms with Crippen molar-refractivity contribution in [2.75, 3.05) is 46.0 Å². The topological polar surface area (TPSA) is 79.3 Å². The summed E-state index contributed by atoms with van der Waals surface area (Å²) in [4.78, 5) is 30.7. The van der Waals surface area contributed by atoms with Crippen molar-refractivity contribution < 1.29 is 24.2 Å². The van der Waals surface area contributed by atoms with Crippen LogP contribution in [0.3, 0.4) is 0 Å². The Balaban J connectivity index is 1.60. The Kier molecular flexibility index (Phi) is 7.80. The van der Waals surface area contributed by atoms with E-state index in [1.807, 2.05) is 17.5 Å². The SMILES string of the molecule is CCCCOc1ccc(/C(O)=C2\C(=O)C(=O)N(CCN3CCOCC3)C2c2cccs2)cc1. The van der Waals surface area contributed by atoms with E-state index in [1.165, 1.54) is 11.3 Å². The zero-order chi connectivity index (χ0) is 23.2. The van der Waals surface area contributed by atoms with Crippen LogP contribution in [-0.2, 0) is 14.3 Å². The molecule has 1 amide bonds. The molecule has 2 fully saturated rings. The van der Waals surface area contributed by atoms with Crippen molar-refractivity contribution in [1.82, 2.24) is 9.80 Å². The van der Waals surface area contributed by atoms with Gasteiger partial charge in [-0.05, 0) is 42.1 Å². The zero-order valence-electron chi connectivity index (χ0n) is 18.9. The summed E-state index contributed by atoms with van der Waals surface area (Å²) in [6.45, 7) is 6.76. The highest BCUT2D eigenvalue weighted by Crippen LogP contribution is 2.41. The van der Waals surface area contributed by atoms with Crippen LogP contribution in [-0.4, -0.2) is 72.6 Å². The number of Topliss-reactive ketones (excluding diaryl/α,β-unsaturated/α-hetero) is 1. The lowest BCUT2D eigenvalue weighted by molar-refractivity contribution is -0.140. The summed E-state index contributed by atoms with van der Waals surface area (Å²) >= 11 is 1.47. The van der Waals surface area contributed by atoms with E-state index in [0.29, 0.717) is 44.2 Å². The Labute approximate surface area is 198 Å². The number of aliphatic hydroxyl groups excluding tert-OH is 1. The third-order valence-electron chi connectivity index (χ3n) is 6.01. The average molecular weight is 471 g/mol. The van der Waals surface area contributed by atoms with E-state index >= 15 is 0 Å². The summed E-state index contributed by atoms with van der Waals surface area (Å²) in [5.74, 6) is -0.652. The van der Waals surface area contributed by atoms with Gasteiger partial charge in [0.05, 0.1) is 31.4 Å². The van der Waals surface area contributed by atoms with E-state index in [0.717, 1.165) is 30.8 Å². The van der Waals surface area contributed by atoms with E-state index in [-0.39, 0.29) is 11.3 Å². The lowest BCUT2D eigenvalue weighted by atomic mass is 10.00. The third-order valence-corrected chi connectivity index (χ3v) is 6.93. The lowest BCUT2D eigenvalue weighted by Gasteiger charge is -2.30. The van der Waals surface area contributed by atoms with Crippen LogP contribution in [0, 0.1) is 0 Å². The summed E-state index contributed by atoms with van der Waals surface area (Å²) < 4.78 is 11.1. The number of ketones is 1. The van der Waals surface area contributed by atoms with Crippen LogP contribution in [0.5, 0.6) is 5.75 Å². The maximum Gasteiger partial charge on any atom is 0.295 e. The molecule has 2 aromatic rings. The van der Waals surface area contributed by atoms with Gasteiger partial charge in [-0.1, -0.05) is 19.4 Å². The first kappa shape index (κ1) is 23.5. The maximum absolute atomic E-state index is 13.1. The van der Waals surface area contributed by atoms with Gasteiger partial charge in [0.15, 0.2) is 0 Å². The molecule has 4 rings (SSSR count). The van der Waals surface area contributed by atoms with Gasteiger partial charge in [0.2, 0.25) is 0 Å². The smallest absolute Gasteiger partial charge is 0.295 e. The molecule has 2 aliphatic heterocycles. The quantitative estimate of drug-likeness (QED) is 0.261. The molecule has 0 saturated carbocycles. The normalized spacial score (nSPS) is 21.0. The number of carbonyl (C=O) groups excluding carboxylic acids is 2. The molecule has 1 unspecified atom stereocenters. The standard InChI is InChI=1S/C25H30N2O5S/c1-2-3-14-32-19-8-6-18(7-9-19)23(28)21-22(20-5-4-17-33-20)27(25(30)24(21)29)11-10-26-12-15-31-16-13-26/h4-9,17,22,28H,2-3,10-16H2,1H3/b23-21+. The van der Waals surface area contributed by atoms with Gasteiger partial charge in [-0.25, -0.2) is 0 Å². The Morgan fingerprint density at radius 1 is 1.15 bits per heavy atom. The summed E-state index contributed by atoms with van der Waals surface area (Å²) in [5, 5.41) is 13.1. The number of benzene rings is 1. The summed E-state index contributed by atoms with van der Waals surface area (Å²) in [6.07, 6.45) is 2.02. The maximum atomic E-state index is 13.1. The van der Waals surface area contributed by atoms with Crippen molar-refractivity contribution >= 4 is 28.8 Å². The van der Waals surface area contributed by atoms with Gasteiger partial charge in [-0.15, -0.1) is 11.3 Å². The van der Waals surface area contributed by atoms with Crippen LogP contribution in [0.15, 0.2) is 47.4 Å². The monoisotopic (exact) mass is 470 g/mol. The number of carbonyl (C=O) groups is 2. The van der Waals surface area contributed by atoms with Crippen LogP contribution < -0.4 is 4.74 Å². The molecular weight excluding hydrogens is 440 g/mol. The number of unbranched alkanes of at least 4 members (excludes halogenated alkanes) is 1. The molecule has 1 N–H and O–H groups in total. The van der Waals surface area contributed by atoms with Gasteiger partial charge in [-0.3, -0.25) is 14.5 Å². The summed E-state index contributed by atoms with van der Waals surface area (Å²) in [6, 6.07) is 10.2. The largest absolute Gasteiger partial charge is 0.507 e. The fourth-order valence-corrected chi connectivity index (χ4v) is 4.97. The molecule has 0 aliphatic carbocycles. The number of rotatable bonds is 9. The first-order valence-corrected chi connectivity index (χ1v) is 12.3. The molecule has 7 nitrogen and oxygen atoms in total. The first-order valence-electron chi connectivity index (χ1n) is 11.4. The summed E-state index contributed by atoms with van der Waals surface area (Å²) in [7, 11) is 0. The molecule has 176 valence electrons. The highest BCUT2D eigenvalue weighted by atomic mass is 32.1. The number of thiophene rings is 1. The minimum absolute atomic E-state index is 0.143. The number of morpholine rings is 1. The average Bonchev–Trinajstić information content (AvgIpc) is 3.46. The minimum Gasteiger partial charge on any atom is -0.507 e. The Hall–Kier alpha value is -2.68. The first-order chi connectivity index (χ1) is 16.1. The third kappa shape index (κ3) is 5.29. The van der Waals surface area contributed by atoms with Crippen LogP contribution >= 0.6 is 11.3 Å². The zero-order valence-corrected chi connectivity index (χ0v) is 19.7. The van der Waals surface area contributed by atoms with Gasteiger partial charge >= 0.3 is 0 Å². The Bertz CT molecular complexity index is 981. The molecule has 33 heavy (non-hydrogen) atoms. The van der Waals surface area contributed by atoms with E-state index < -0.39 is 17.7 Å². The molecule has 2 aliphatic rings. The van der Waals surface area contributed by atoms with Crippen molar-refractivity contribution in [3.05, 3.63) is 57.8 Å². The second kappa shape index (κ2) is 11.0. The van der Waals surface area contributed by atoms with E-state index in [9.17, 15) is 14.7 Å². The minimum atomic E-state index is -0.642. The Morgan fingerprint density at radius 2 is 1.91 bits per heavy atom. The molecule has 2 saturated heterocycles. The highest BCUT2D eigenvalue weighted by molar-refractivity contribution is 7.10. The van der Waals surface area contributed by atoms with E-state index in [2.05, 4.69) is 11.8 Å². The number of amides is 1. The second-order valence-corrected chi connectivity index (χ2v) is 9.17. The van der Waals surface area contributed by atoms with Crippen LogP contribution in [0.25, 0.3) is 5.76 Å². The molecule has 0 spiro atoms. The van der Waals surface area contributed by atoms with Crippen LogP contribution in [0.2, 0.25) is 0 Å². The van der Waals surface area contributed by atoms with Crippen molar-refractivity contribution in [2.45, 2.75) is 25.8 Å². The predicted molar refractivity (Wildman–Crippen MR) is 127 cm³/mol. The number of hydrogen-bond acceptors (Lipinski definition) is 7. The number of hydrogen-bond donors (Lipinski definition) is 1. The van der Waals surface area contributed by atoms with E-state index in [4.69, 9.17) is 9.47 Å². The number of nitrogens with zero attached hydrogens (tertiary/aromatic N) is 2. The van der Waals surface area contributed by atoms with E-state index in [1.54, 1.807) is 29.2 Å². The van der Waals surface area contributed by atoms with Gasteiger partial charge in [0.25, 0.3) is 11.7 Å². The molecule has 1 atom stereocenters. The van der Waals surface area contributed by atoms with Crippen molar-refractivity contribution in [2.24, 2.45) is 0 Å². The number of ether oxygens (including phenoxy) is 2. The number of aliphatic hydroxyl groups is 1. The van der Waals surface area contributed by atoms with Gasteiger partial charge in [0.1, 0.15) is 11.5 Å². The highest BCUT2D eigenvalue weighted by Gasteiger charge is 2.46. The van der Waals surface area contributed by atoms with Gasteiger partial charge in [0, 0.05) is 36.6 Å². The molecule has 0 radical (unpaired) electrons. The van der Waals surface area contributed by atoms with Crippen LogP contribution in [0.1, 0.15) is 36.2 Å². The van der Waals surface area contributed by atoms with Gasteiger partial charge in [-0.2, -0.15) is 0 Å². The molecule has 3 heterocycles. The lowest BCUT2D eigenvalue weighted by Crippen LogP contribution is -2.42. The molecule has 1 aromatic heterocycles. The molecule has 8 heteroatoms. The summed E-state index contributed by atoms with van der Waals surface area (Å²) in [5.41, 5.74) is 0.634.